The summed E-state index contributed by atoms with van der Waals surface area (Å²) in [5.41, 5.74) is 0.536. The predicted molar refractivity (Wildman–Crippen MR) is 108 cm³/mol. The standard InChI is InChI=1S/C18H18BrNO8S/c1-4-27-15(21)8-20-17(23)14(29-18(20)24)6-10-5-12(25-2)13(7-11(10)19)28-9-16(22)26-3/h5-7H,4,8-9H2,1-3H3/b14-6+. The van der Waals surface area contributed by atoms with Crippen molar-refractivity contribution in [1.82, 2.24) is 4.90 Å². The van der Waals surface area contributed by atoms with Gasteiger partial charge in [0.05, 0.1) is 25.7 Å². The van der Waals surface area contributed by atoms with Crippen LogP contribution in [-0.2, 0) is 23.9 Å². The number of ether oxygens (including phenoxy) is 4. The average Bonchev–Trinajstić information content (AvgIpc) is 2.95. The number of benzene rings is 1. The molecule has 1 aliphatic rings. The third-order valence-electron chi connectivity index (χ3n) is 3.61. The van der Waals surface area contributed by atoms with Crippen LogP contribution in [0, 0.1) is 0 Å². The van der Waals surface area contributed by atoms with E-state index in [9.17, 15) is 19.2 Å². The minimum atomic E-state index is -0.661. The fourth-order valence-corrected chi connectivity index (χ4v) is 3.51. The Morgan fingerprint density at radius 1 is 1.17 bits per heavy atom. The molecule has 1 fully saturated rings. The van der Waals surface area contributed by atoms with E-state index in [0.717, 1.165) is 4.90 Å². The summed E-state index contributed by atoms with van der Waals surface area (Å²) in [7, 11) is 2.67. The second-order valence-corrected chi connectivity index (χ2v) is 7.31. The first kappa shape index (κ1) is 22.8. The van der Waals surface area contributed by atoms with Gasteiger partial charge in [-0.2, -0.15) is 0 Å². The van der Waals surface area contributed by atoms with Crippen LogP contribution in [0.5, 0.6) is 11.5 Å². The molecular weight excluding hydrogens is 470 g/mol. The fraction of sp³-hybridized carbons (Fsp3) is 0.333. The molecule has 29 heavy (non-hydrogen) atoms. The van der Waals surface area contributed by atoms with Gasteiger partial charge in [0.15, 0.2) is 18.1 Å². The number of nitrogens with zero attached hydrogens (tertiary/aromatic N) is 1. The Morgan fingerprint density at radius 2 is 1.90 bits per heavy atom. The molecule has 0 unspecified atom stereocenters. The smallest absolute Gasteiger partial charge is 0.343 e. The number of carbonyl (C=O) groups excluding carboxylic acids is 4. The highest BCUT2D eigenvalue weighted by atomic mass is 79.9. The van der Waals surface area contributed by atoms with Crippen molar-refractivity contribution < 1.29 is 38.1 Å². The summed E-state index contributed by atoms with van der Waals surface area (Å²) in [5.74, 6) is -1.20. The number of hydrogen-bond acceptors (Lipinski definition) is 9. The van der Waals surface area contributed by atoms with Gasteiger partial charge in [0.2, 0.25) is 0 Å². The normalized spacial score (nSPS) is 14.9. The summed E-state index contributed by atoms with van der Waals surface area (Å²) in [6.07, 6.45) is 1.49. The minimum Gasteiger partial charge on any atom is -0.493 e. The van der Waals surface area contributed by atoms with Crippen molar-refractivity contribution in [2.75, 3.05) is 34.0 Å². The van der Waals surface area contributed by atoms with Crippen molar-refractivity contribution in [3.05, 3.63) is 27.1 Å². The lowest BCUT2D eigenvalue weighted by Gasteiger charge is -2.12. The summed E-state index contributed by atoms with van der Waals surface area (Å²) in [5, 5.41) is -0.560. The first-order valence-corrected chi connectivity index (χ1v) is 9.89. The zero-order chi connectivity index (χ0) is 21.6. The van der Waals surface area contributed by atoms with Gasteiger partial charge in [-0.3, -0.25) is 19.3 Å². The number of hydrogen-bond donors (Lipinski definition) is 0. The van der Waals surface area contributed by atoms with E-state index in [1.165, 1.54) is 20.3 Å². The number of rotatable bonds is 8. The zero-order valence-corrected chi connectivity index (χ0v) is 18.3. The largest absolute Gasteiger partial charge is 0.493 e. The molecule has 0 atom stereocenters. The molecule has 1 aromatic carbocycles. The fourth-order valence-electron chi connectivity index (χ4n) is 2.24. The molecule has 0 radical (unpaired) electrons. The summed E-state index contributed by atoms with van der Waals surface area (Å²) >= 11 is 4.08. The van der Waals surface area contributed by atoms with Gasteiger partial charge in [-0.25, -0.2) is 4.79 Å². The van der Waals surface area contributed by atoms with Gasteiger partial charge in [0.1, 0.15) is 6.54 Å². The van der Waals surface area contributed by atoms with Crippen LogP contribution >= 0.6 is 27.7 Å². The SMILES string of the molecule is CCOC(=O)CN1C(=O)S/C(=C/c2cc(OC)c(OCC(=O)OC)cc2Br)C1=O. The van der Waals surface area contributed by atoms with E-state index in [1.54, 1.807) is 19.1 Å². The Labute approximate surface area is 179 Å². The van der Waals surface area contributed by atoms with Gasteiger partial charge < -0.3 is 18.9 Å². The average molecular weight is 488 g/mol. The first-order chi connectivity index (χ1) is 13.8. The maximum atomic E-state index is 12.5. The molecule has 0 bridgehead atoms. The molecule has 0 aliphatic carbocycles. The van der Waals surface area contributed by atoms with Crippen LogP contribution in [0.1, 0.15) is 12.5 Å². The van der Waals surface area contributed by atoms with Gasteiger partial charge in [0, 0.05) is 4.47 Å². The van der Waals surface area contributed by atoms with Crippen LogP contribution < -0.4 is 9.47 Å². The highest BCUT2D eigenvalue weighted by molar-refractivity contribution is 9.10. The molecule has 11 heteroatoms. The molecule has 2 amide bonds. The van der Waals surface area contributed by atoms with Crippen LogP contribution in [0.2, 0.25) is 0 Å². The molecule has 0 saturated carbocycles. The van der Waals surface area contributed by atoms with Crippen LogP contribution in [-0.4, -0.2) is 62.0 Å². The molecule has 1 aromatic rings. The lowest BCUT2D eigenvalue weighted by molar-refractivity contribution is -0.146. The van der Waals surface area contributed by atoms with Crippen molar-refractivity contribution in [3.8, 4) is 11.5 Å². The van der Waals surface area contributed by atoms with Gasteiger partial charge >= 0.3 is 11.9 Å². The quantitative estimate of drug-likeness (QED) is 0.403. The number of imide groups is 1. The lowest BCUT2D eigenvalue weighted by atomic mass is 10.2. The second-order valence-electron chi connectivity index (χ2n) is 5.46. The van der Waals surface area contributed by atoms with E-state index >= 15 is 0 Å². The molecule has 1 aliphatic heterocycles. The summed E-state index contributed by atoms with van der Waals surface area (Å²) in [6.45, 7) is 1.04. The molecule has 156 valence electrons. The molecular formula is C18H18BrNO8S. The minimum absolute atomic E-state index is 0.144. The maximum absolute atomic E-state index is 12.5. The van der Waals surface area contributed by atoms with E-state index < -0.39 is 29.6 Å². The number of carbonyl (C=O) groups is 4. The van der Waals surface area contributed by atoms with Gasteiger partial charge in [-0.05, 0) is 42.5 Å². The number of halogens is 1. The first-order valence-electron chi connectivity index (χ1n) is 8.28. The van der Waals surface area contributed by atoms with Crippen LogP contribution in [0.3, 0.4) is 0 Å². The highest BCUT2D eigenvalue weighted by Crippen LogP contribution is 2.38. The third kappa shape index (κ3) is 5.73. The van der Waals surface area contributed by atoms with Gasteiger partial charge in [0.25, 0.3) is 11.1 Å². The maximum Gasteiger partial charge on any atom is 0.343 e. The van der Waals surface area contributed by atoms with Crippen molar-refractivity contribution in [1.29, 1.82) is 0 Å². The Balaban J connectivity index is 2.25. The van der Waals surface area contributed by atoms with Gasteiger partial charge in [-0.1, -0.05) is 15.9 Å². The van der Waals surface area contributed by atoms with E-state index in [1.807, 2.05) is 0 Å². The van der Waals surface area contributed by atoms with E-state index in [4.69, 9.17) is 14.2 Å². The molecule has 1 heterocycles. The number of amides is 2. The molecule has 0 aromatic heterocycles. The Morgan fingerprint density at radius 3 is 2.52 bits per heavy atom. The lowest BCUT2D eigenvalue weighted by Crippen LogP contribution is -2.34. The summed E-state index contributed by atoms with van der Waals surface area (Å²) < 4.78 is 20.5. The van der Waals surface area contributed by atoms with Crippen molar-refractivity contribution >= 4 is 56.9 Å². The van der Waals surface area contributed by atoms with Crippen LogP contribution in [0.25, 0.3) is 6.08 Å². The molecule has 9 nitrogen and oxygen atoms in total. The Hall–Kier alpha value is -2.53. The topological polar surface area (TPSA) is 108 Å². The van der Waals surface area contributed by atoms with Crippen molar-refractivity contribution in [3.63, 3.8) is 0 Å². The van der Waals surface area contributed by atoms with Crippen LogP contribution in [0.4, 0.5) is 4.79 Å². The van der Waals surface area contributed by atoms with Gasteiger partial charge in [-0.15, -0.1) is 0 Å². The van der Waals surface area contributed by atoms with E-state index in [-0.39, 0.29) is 23.9 Å². The predicted octanol–water partition coefficient (Wildman–Crippen LogP) is 2.61. The summed E-state index contributed by atoms with van der Waals surface area (Å²) in [4.78, 5) is 48.4. The van der Waals surface area contributed by atoms with E-state index in [2.05, 4.69) is 20.7 Å². The monoisotopic (exact) mass is 487 g/mol. The Bertz CT molecular complexity index is 870. The number of esters is 2. The van der Waals surface area contributed by atoms with Crippen molar-refractivity contribution in [2.24, 2.45) is 0 Å². The molecule has 0 spiro atoms. The van der Waals surface area contributed by atoms with Crippen molar-refractivity contribution in [2.45, 2.75) is 6.92 Å². The van der Waals surface area contributed by atoms with E-state index in [0.29, 0.717) is 27.5 Å². The third-order valence-corrected chi connectivity index (χ3v) is 5.20. The number of thioether (sulfide) groups is 1. The summed E-state index contributed by atoms with van der Waals surface area (Å²) in [6, 6.07) is 3.15. The molecule has 0 N–H and O–H groups in total. The second kappa shape index (κ2) is 10.3. The number of methoxy groups -OCH3 is 2. The molecule has 1 saturated heterocycles. The van der Waals surface area contributed by atoms with Crippen LogP contribution in [0.15, 0.2) is 21.5 Å². The molecule has 2 rings (SSSR count). The zero-order valence-electron chi connectivity index (χ0n) is 15.9. The Kier molecular flexibility index (Phi) is 8.09. The highest BCUT2D eigenvalue weighted by Gasteiger charge is 2.36.